The number of benzene rings is 2. The Balaban J connectivity index is 1.71. The first-order valence-electron chi connectivity index (χ1n) is 8.04. The molecular formula is C19H20ClNO3. The van der Waals surface area contributed by atoms with Crippen LogP contribution in [0.4, 0.5) is 0 Å². The average Bonchev–Trinajstić information content (AvgIpc) is 3.07. The summed E-state index contributed by atoms with van der Waals surface area (Å²) in [6.07, 6.45) is 0.451. The third kappa shape index (κ3) is 3.89. The van der Waals surface area contributed by atoms with E-state index in [4.69, 9.17) is 16.3 Å². The van der Waals surface area contributed by atoms with Gasteiger partial charge < -0.3 is 14.7 Å². The van der Waals surface area contributed by atoms with Crippen LogP contribution in [0.25, 0.3) is 0 Å². The second kappa shape index (κ2) is 7.24. The molecule has 1 fully saturated rings. The number of halogens is 1. The van der Waals surface area contributed by atoms with Crippen molar-refractivity contribution in [1.82, 2.24) is 4.90 Å². The number of likely N-dealkylation sites (tertiary alicyclic amines) is 1. The summed E-state index contributed by atoms with van der Waals surface area (Å²) in [5.74, 6) is 1.40. The van der Waals surface area contributed by atoms with E-state index in [1.807, 2.05) is 6.07 Å². The molecule has 2 aromatic rings. The van der Waals surface area contributed by atoms with Crippen molar-refractivity contribution in [1.29, 1.82) is 0 Å². The van der Waals surface area contributed by atoms with E-state index in [2.05, 4.69) is 0 Å². The van der Waals surface area contributed by atoms with Gasteiger partial charge in [-0.1, -0.05) is 17.7 Å². The number of carbonyl (C=O) groups is 1. The quantitative estimate of drug-likeness (QED) is 0.912. The number of nitrogens with zero attached hydrogens (tertiary/aromatic N) is 1. The van der Waals surface area contributed by atoms with E-state index in [0.717, 1.165) is 6.42 Å². The Morgan fingerprint density at radius 1 is 1.25 bits per heavy atom. The maximum Gasteiger partial charge on any atom is 0.253 e. The van der Waals surface area contributed by atoms with Crippen molar-refractivity contribution in [2.24, 2.45) is 5.92 Å². The smallest absolute Gasteiger partial charge is 0.253 e. The van der Waals surface area contributed by atoms with Crippen LogP contribution in [0.5, 0.6) is 11.5 Å². The number of rotatable bonds is 4. The second-order valence-corrected chi connectivity index (χ2v) is 6.56. The lowest BCUT2D eigenvalue weighted by Gasteiger charge is -2.18. The molecule has 2 aromatic carbocycles. The average molecular weight is 346 g/mol. The lowest BCUT2D eigenvalue weighted by Crippen LogP contribution is -2.30. The molecule has 4 nitrogen and oxygen atoms in total. The van der Waals surface area contributed by atoms with Crippen LogP contribution in [0.2, 0.25) is 5.02 Å². The monoisotopic (exact) mass is 345 g/mol. The molecule has 0 saturated carbocycles. The van der Waals surface area contributed by atoms with Gasteiger partial charge in [0.15, 0.2) is 0 Å². The van der Waals surface area contributed by atoms with E-state index in [0.29, 0.717) is 35.2 Å². The molecule has 1 saturated heterocycles. The molecule has 2 atom stereocenters. The Morgan fingerprint density at radius 3 is 2.67 bits per heavy atom. The number of hydrogen-bond donors (Lipinski definition) is 1. The minimum Gasteiger partial charge on any atom is -0.457 e. The molecule has 1 amide bonds. The number of carbonyl (C=O) groups excluding carboxylic acids is 1. The normalized spacial score (nSPS) is 18.5. The molecule has 1 N–H and O–H groups in total. The predicted octanol–water partition coefficient (Wildman–Crippen LogP) is 3.98. The van der Waals surface area contributed by atoms with Crippen LogP contribution < -0.4 is 4.74 Å². The summed E-state index contributed by atoms with van der Waals surface area (Å²) >= 11 is 5.86. The van der Waals surface area contributed by atoms with Gasteiger partial charge >= 0.3 is 0 Å². The minimum atomic E-state index is -0.387. The highest BCUT2D eigenvalue weighted by Gasteiger charge is 2.29. The van der Waals surface area contributed by atoms with E-state index in [1.165, 1.54) is 0 Å². The van der Waals surface area contributed by atoms with Crippen molar-refractivity contribution in [3.8, 4) is 11.5 Å². The number of aliphatic hydroxyl groups excluding tert-OH is 1. The van der Waals surface area contributed by atoms with Gasteiger partial charge in [-0.3, -0.25) is 4.79 Å². The van der Waals surface area contributed by atoms with Crippen LogP contribution in [0.15, 0.2) is 48.5 Å². The molecule has 3 rings (SSSR count). The van der Waals surface area contributed by atoms with Crippen LogP contribution in [-0.2, 0) is 0 Å². The standard InChI is InChI=1S/C19H20ClNO3/c1-13(22)15-9-10-21(12-15)19(23)14-3-2-4-18(11-14)24-17-7-5-16(20)6-8-17/h2-8,11,13,15,22H,9-10,12H2,1H3. The lowest BCUT2D eigenvalue weighted by molar-refractivity contribution is 0.0762. The van der Waals surface area contributed by atoms with Gasteiger partial charge in [0.05, 0.1) is 6.10 Å². The summed E-state index contributed by atoms with van der Waals surface area (Å²) in [6.45, 7) is 3.05. The number of amides is 1. The zero-order chi connectivity index (χ0) is 17.1. The van der Waals surface area contributed by atoms with Crippen molar-refractivity contribution in [2.45, 2.75) is 19.4 Å². The molecule has 0 aliphatic carbocycles. The molecule has 5 heteroatoms. The highest BCUT2D eigenvalue weighted by Crippen LogP contribution is 2.26. The molecule has 2 unspecified atom stereocenters. The highest BCUT2D eigenvalue weighted by atomic mass is 35.5. The van der Waals surface area contributed by atoms with Crippen molar-refractivity contribution in [3.63, 3.8) is 0 Å². The highest BCUT2D eigenvalue weighted by molar-refractivity contribution is 6.30. The van der Waals surface area contributed by atoms with Crippen molar-refractivity contribution >= 4 is 17.5 Å². The van der Waals surface area contributed by atoms with E-state index in [9.17, 15) is 9.90 Å². The number of ether oxygens (including phenoxy) is 1. The van der Waals surface area contributed by atoms with Crippen LogP contribution in [0.1, 0.15) is 23.7 Å². The topological polar surface area (TPSA) is 49.8 Å². The zero-order valence-electron chi connectivity index (χ0n) is 13.5. The fraction of sp³-hybridized carbons (Fsp3) is 0.316. The Kier molecular flexibility index (Phi) is 5.07. The van der Waals surface area contributed by atoms with Gasteiger partial charge in [0, 0.05) is 29.6 Å². The van der Waals surface area contributed by atoms with Crippen LogP contribution in [0, 0.1) is 5.92 Å². The molecule has 1 aliphatic heterocycles. The fourth-order valence-corrected chi connectivity index (χ4v) is 3.01. The first kappa shape index (κ1) is 16.8. The minimum absolute atomic E-state index is 0.0280. The molecule has 0 radical (unpaired) electrons. The van der Waals surface area contributed by atoms with Crippen LogP contribution >= 0.6 is 11.6 Å². The molecule has 1 heterocycles. The SMILES string of the molecule is CC(O)C1CCN(C(=O)c2cccc(Oc3ccc(Cl)cc3)c2)C1. The summed E-state index contributed by atoms with van der Waals surface area (Å²) in [5.41, 5.74) is 0.590. The molecule has 1 aliphatic rings. The van der Waals surface area contributed by atoms with Gasteiger partial charge in [0.25, 0.3) is 5.91 Å². The van der Waals surface area contributed by atoms with Gasteiger partial charge in [-0.15, -0.1) is 0 Å². The Morgan fingerprint density at radius 2 is 2.00 bits per heavy atom. The van der Waals surface area contributed by atoms with E-state index < -0.39 is 0 Å². The molecule has 126 valence electrons. The first-order chi connectivity index (χ1) is 11.5. The van der Waals surface area contributed by atoms with Gasteiger partial charge in [-0.05, 0) is 55.8 Å². The summed E-state index contributed by atoms with van der Waals surface area (Å²) in [5, 5.41) is 10.3. The second-order valence-electron chi connectivity index (χ2n) is 6.12. The molecule has 0 aromatic heterocycles. The zero-order valence-corrected chi connectivity index (χ0v) is 14.2. The van der Waals surface area contributed by atoms with Gasteiger partial charge in [-0.2, -0.15) is 0 Å². The van der Waals surface area contributed by atoms with Crippen LogP contribution in [-0.4, -0.2) is 35.1 Å². The summed E-state index contributed by atoms with van der Waals surface area (Å²) in [7, 11) is 0. The van der Waals surface area contributed by atoms with Gasteiger partial charge in [0.2, 0.25) is 0 Å². The lowest BCUT2D eigenvalue weighted by atomic mass is 10.0. The molecule has 0 spiro atoms. The van der Waals surface area contributed by atoms with E-state index in [1.54, 1.807) is 54.3 Å². The third-order valence-corrected chi connectivity index (χ3v) is 4.58. The van der Waals surface area contributed by atoms with Crippen molar-refractivity contribution in [2.75, 3.05) is 13.1 Å². The van der Waals surface area contributed by atoms with Crippen molar-refractivity contribution < 1.29 is 14.6 Å². The first-order valence-corrected chi connectivity index (χ1v) is 8.41. The van der Waals surface area contributed by atoms with Gasteiger partial charge in [-0.25, -0.2) is 0 Å². The summed E-state index contributed by atoms with van der Waals surface area (Å²) < 4.78 is 5.78. The van der Waals surface area contributed by atoms with Crippen LogP contribution in [0.3, 0.4) is 0 Å². The number of aliphatic hydroxyl groups is 1. The molecule has 24 heavy (non-hydrogen) atoms. The Hall–Kier alpha value is -2.04. The molecular weight excluding hydrogens is 326 g/mol. The Bertz CT molecular complexity index is 715. The summed E-state index contributed by atoms with van der Waals surface area (Å²) in [4.78, 5) is 14.4. The van der Waals surface area contributed by atoms with Gasteiger partial charge in [0.1, 0.15) is 11.5 Å². The van der Waals surface area contributed by atoms with Crippen molar-refractivity contribution in [3.05, 3.63) is 59.1 Å². The molecule has 0 bridgehead atoms. The maximum absolute atomic E-state index is 12.6. The largest absolute Gasteiger partial charge is 0.457 e. The fourth-order valence-electron chi connectivity index (χ4n) is 2.88. The summed E-state index contributed by atoms with van der Waals surface area (Å²) in [6, 6.07) is 14.2. The van der Waals surface area contributed by atoms with E-state index >= 15 is 0 Å². The maximum atomic E-state index is 12.6. The van der Waals surface area contributed by atoms with E-state index in [-0.39, 0.29) is 17.9 Å². The number of hydrogen-bond acceptors (Lipinski definition) is 3. The third-order valence-electron chi connectivity index (χ3n) is 4.32. The Labute approximate surface area is 146 Å². The predicted molar refractivity (Wildman–Crippen MR) is 93.7 cm³/mol.